The summed E-state index contributed by atoms with van der Waals surface area (Å²) in [5.41, 5.74) is 5.18. The van der Waals surface area contributed by atoms with Crippen LogP contribution in [0.2, 0.25) is 0 Å². The second-order valence-electron chi connectivity index (χ2n) is 7.33. The van der Waals surface area contributed by atoms with Gasteiger partial charge in [-0.25, -0.2) is 0 Å². The first kappa shape index (κ1) is 15.9. The molecule has 128 valence electrons. The van der Waals surface area contributed by atoms with E-state index in [0.29, 0.717) is 17.8 Å². The van der Waals surface area contributed by atoms with Crippen LogP contribution < -0.4 is 5.32 Å². The van der Waals surface area contributed by atoms with E-state index in [1.807, 2.05) is 12.1 Å². The highest BCUT2D eigenvalue weighted by molar-refractivity contribution is 5.61. The Labute approximate surface area is 147 Å². The molecule has 1 N–H and O–H groups in total. The number of rotatable bonds is 3. The standard InChI is InChI=1S/C21H22N2O2/c1-13(2)15-8-11-20-19(12-15)17-4-3-5-18(17)21(22-20)14-6-9-16(10-7-14)23(24)25/h3-4,6-13,17-18,21-22H,5H2,1-2H3/t17-,18-,21-/m1/s1. The normalized spacial score (nSPS) is 23.9. The van der Waals surface area contributed by atoms with Gasteiger partial charge in [-0.2, -0.15) is 0 Å². The summed E-state index contributed by atoms with van der Waals surface area (Å²) in [6.45, 7) is 4.44. The zero-order chi connectivity index (χ0) is 17.6. The number of nitro groups is 1. The number of hydrogen-bond acceptors (Lipinski definition) is 3. The molecule has 4 nitrogen and oxygen atoms in total. The summed E-state index contributed by atoms with van der Waals surface area (Å²) >= 11 is 0. The minimum atomic E-state index is -0.346. The number of nitro benzene ring substituents is 1. The largest absolute Gasteiger partial charge is 0.378 e. The average Bonchev–Trinajstić information content (AvgIpc) is 3.10. The van der Waals surface area contributed by atoms with Gasteiger partial charge in [0.1, 0.15) is 0 Å². The van der Waals surface area contributed by atoms with Gasteiger partial charge in [0.05, 0.1) is 11.0 Å². The van der Waals surface area contributed by atoms with Crippen molar-refractivity contribution in [3.05, 3.63) is 81.4 Å². The Morgan fingerprint density at radius 3 is 2.60 bits per heavy atom. The van der Waals surface area contributed by atoms with Crippen LogP contribution in [-0.4, -0.2) is 4.92 Å². The van der Waals surface area contributed by atoms with Crippen molar-refractivity contribution in [3.63, 3.8) is 0 Å². The number of benzene rings is 2. The van der Waals surface area contributed by atoms with Crippen molar-refractivity contribution in [1.29, 1.82) is 0 Å². The molecule has 0 saturated carbocycles. The van der Waals surface area contributed by atoms with Gasteiger partial charge < -0.3 is 5.32 Å². The Hall–Kier alpha value is -2.62. The van der Waals surface area contributed by atoms with E-state index in [9.17, 15) is 10.1 Å². The molecular weight excluding hydrogens is 312 g/mol. The van der Waals surface area contributed by atoms with Crippen LogP contribution >= 0.6 is 0 Å². The first-order chi connectivity index (χ1) is 12.0. The van der Waals surface area contributed by atoms with Crippen LogP contribution in [0.3, 0.4) is 0 Å². The Kier molecular flexibility index (Phi) is 3.83. The lowest BCUT2D eigenvalue weighted by molar-refractivity contribution is -0.384. The second kappa shape index (κ2) is 6.03. The molecule has 0 spiro atoms. The number of hydrogen-bond donors (Lipinski definition) is 1. The van der Waals surface area contributed by atoms with Gasteiger partial charge in [-0.3, -0.25) is 10.1 Å². The summed E-state index contributed by atoms with van der Waals surface area (Å²) in [7, 11) is 0. The van der Waals surface area contributed by atoms with E-state index in [1.165, 1.54) is 16.8 Å². The fourth-order valence-electron chi connectivity index (χ4n) is 4.11. The van der Waals surface area contributed by atoms with Crippen molar-refractivity contribution in [2.75, 3.05) is 5.32 Å². The Morgan fingerprint density at radius 2 is 1.92 bits per heavy atom. The van der Waals surface area contributed by atoms with Gasteiger partial charge in [0.2, 0.25) is 0 Å². The molecule has 0 unspecified atom stereocenters. The average molecular weight is 334 g/mol. The maximum absolute atomic E-state index is 10.9. The van der Waals surface area contributed by atoms with Gasteiger partial charge in [-0.15, -0.1) is 0 Å². The monoisotopic (exact) mass is 334 g/mol. The molecule has 1 heterocycles. The van der Waals surface area contributed by atoms with Gasteiger partial charge in [0.15, 0.2) is 0 Å². The number of nitrogens with one attached hydrogen (secondary N) is 1. The molecule has 0 radical (unpaired) electrons. The van der Waals surface area contributed by atoms with Crippen molar-refractivity contribution in [1.82, 2.24) is 0 Å². The molecule has 0 bridgehead atoms. The van der Waals surface area contributed by atoms with Crippen molar-refractivity contribution in [2.45, 2.75) is 38.1 Å². The predicted molar refractivity (Wildman–Crippen MR) is 100.0 cm³/mol. The molecule has 0 fully saturated rings. The van der Waals surface area contributed by atoms with Crippen molar-refractivity contribution < 1.29 is 4.92 Å². The van der Waals surface area contributed by atoms with Gasteiger partial charge in [0, 0.05) is 23.7 Å². The van der Waals surface area contributed by atoms with E-state index in [-0.39, 0.29) is 16.7 Å². The molecule has 2 aliphatic rings. The number of non-ortho nitro benzene ring substituents is 1. The molecule has 25 heavy (non-hydrogen) atoms. The lowest BCUT2D eigenvalue weighted by atomic mass is 9.76. The molecule has 3 atom stereocenters. The maximum Gasteiger partial charge on any atom is 0.269 e. The third-order valence-corrected chi connectivity index (χ3v) is 5.52. The SMILES string of the molecule is CC(C)c1ccc2c(c1)[C@@H]1C=CC[C@H]1[C@@H](c1ccc([N+](=O)[O-])cc1)N2. The molecule has 1 aliphatic heterocycles. The van der Waals surface area contributed by atoms with E-state index in [1.54, 1.807) is 12.1 Å². The lowest BCUT2D eigenvalue weighted by Gasteiger charge is -2.38. The molecule has 4 heteroatoms. The highest BCUT2D eigenvalue weighted by Gasteiger charge is 2.38. The van der Waals surface area contributed by atoms with Crippen molar-refractivity contribution in [3.8, 4) is 0 Å². The topological polar surface area (TPSA) is 55.2 Å². The van der Waals surface area contributed by atoms with Crippen molar-refractivity contribution >= 4 is 11.4 Å². The molecule has 2 aromatic carbocycles. The number of nitrogens with zero attached hydrogens (tertiary/aromatic N) is 1. The van der Waals surface area contributed by atoms with Crippen LogP contribution in [-0.2, 0) is 0 Å². The van der Waals surface area contributed by atoms with Crippen LogP contribution in [0.4, 0.5) is 11.4 Å². The first-order valence-corrected chi connectivity index (χ1v) is 8.86. The lowest BCUT2D eigenvalue weighted by Crippen LogP contribution is -2.29. The summed E-state index contributed by atoms with van der Waals surface area (Å²) in [4.78, 5) is 10.6. The fraction of sp³-hybridized carbons (Fsp3) is 0.333. The van der Waals surface area contributed by atoms with Gasteiger partial charge >= 0.3 is 0 Å². The molecule has 2 aromatic rings. The van der Waals surface area contributed by atoms with Crippen LogP contribution in [0.5, 0.6) is 0 Å². The Morgan fingerprint density at radius 1 is 1.16 bits per heavy atom. The predicted octanol–water partition coefficient (Wildman–Crippen LogP) is 5.54. The van der Waals surface area contributed by atoms with Gasteiger partial charge in [-0.05, 0) is 41.0 Å². The van der Waals surface area contributed by atoms with Crippen LogP contribution in [0, 0.1) is 16.0 Å². The number of anilines is 1. The Balaban J connectivity index is 1.71. The molecular formula is C21H22N2O2. The fourth-order valence-corrected chi connectivity index (χ4v) is 4.11. The molecule has 0 saturated heterocycles. The van der Waals surface area contributed by atoms with Crippen LogP contribution in [0.25, 0.3) is 0 Å². The second-order valence-corrected chi connectivity index (χ2v) is 7.33. The summed E-state index contributed by atoms with van der Waals surface area (Å²) in [5.74, 6) is 1.38. The number of fused-ring (bicyclic) bond motifs is 3. The van der Waals surface area contributed by atoms with Crippen LogP contribution in [0.1, 0.15) is 54.8 Å². The molecule has 4 rings (SSSR count). The Bertz CT molecular complexity index is 839. The van der Waals surface area contributed by atoms with E-state index < -0.39 is 0 Å². The zero-order valence-corrected chi connectivity index (χ0v) is 14.5. The summed E-state index contributed by atoms with van der Waals surface area (Å²) in [6.07, 6.45) is 5.63. The molecule has 0 aromatic heterocycles. The maximum atomic E-state index is 10.9. The summed E-state index contributed by atoms with van der Waals surface area (Å²) in [6, 6.07) is 13.9. The highest BCUT2D eigenvalue weighted by atomic mass is 16.6. The van der Waals surface area contributed by atoms with E-state index >= 15 is 0 Å². The quantitative estimate of drug-likeness (QED) is 0.455. The molecule has 1 aliphatic carbocycles. The van der Waals surface area contributed by atoms with Gasteiger partial charge in [0.25, 0.3) is 5.69 Å². The minimum Gasteiger partial charge on any atom is -0.378 e. The first-order valence-electron chi connectivity index (χ1n) is 8.86. The summed E-state index contributed by atoms with van der Waals surface area (Å²) < 4.78 is 0. The number of allylic oxidation sites excluding steroid dienone is 2. The molecule has 0 amide bonds. The third kappa shape index (κ3) is 2.72. The highest BCUT2D eigenvalue weighted by Crippen LogP contribution is 2.50. The van der Waals surface area contributed by atoms with Gasteiger partial charge in [-0.1, -0.05) is 50.3 Å². The smallest absolute Gasteiger partial charge is 0.269 e. The van der Waals surface area contributed by atoms with E-state index in [4.69, 9.17) is 0 Å². The minimum absolute atomic E-state index is 0.141. The van der Waals surface area contributed by atoms with Crippen LogP contribution in [0.15, 0.2) is 54.6 Å². The zero-order valence-electron chi connectivity index (χ0n) is 14.5. The van der Waals surface area contributed by atoms with Crippen molar-refractivity contribution in [2.24, 2.45) is 5.92 Å². The van der Waals surface area contributed by atoms with E-state index in [2.05, 4.69) is 49.5 Å². The van der Waals surface area contributed by atoms with E-state index in [0.717, 1.165) is 12.0 Å². The summed E-state index contributed by atoms with van der Waals surface area (Å²) in [5, 5.41) is 14.6. The third-order valence-electron chi connectivity index (χ3n) is 5.52.